The third kappa shape index (κ3) is 4.71. The lowest BCUT2D eigenvalue weighted by molar-refractivity contribution is 0.589. The molecule has 0 aromatic heterocycles. The second-order valence-corrected chi connectivity index (χ2v) is 6.84. The highest BCUT2D eigenvalue weighted by Gasteiger charge is 2.04. The van der Waals surface area contributed by atoms with Crippen molar-refractivity contribution >= 4 is 35.0 Å². The second-order valence-electron chi connectivity index (χ2n) is 4.85. The molecular weight excluding hydrogens is 309 g/mol. The van der Waals surface area contributed by atoms with E-state index in [1.54, 1.807) is 11.8 Å². The van der Waals surface area contributed by atoms with Gasteiger partial charge in [-0.1, -0.05) is 60.9 Å². The van der Waals surface area contributed by atoms with E-state index in [0.717, 1.165) is 31.9 Å². The van der Waals surface area contributed by atoms with E-state index in [1.165, 1.54) is 0 Å². The van der Waals surface area contributed by atoms with Gasteiger partial charge >= 0.3 is 0 Å². The highest BCUT2D eigenvalue weighted by Crippen LogP contribution is 2.32. The van der Waals surface area contributed by atoms with Crippen LogP contribution in [0.2, 0.25) is 10.0 Å². The molecule has 4 heteroatoms. The van der Waals surface area contributed by atoms with Crippen molar-refractivity contribution in [3.8, 4) is 0 Å². The van der Waals surface area contributed by atoms with Crippen LogP contribution in [0.1, 0.15) is 19.4 Å². The first-order valence-corrected chi connectivity index (χ1v) is 8.07. The minimum Gasteiger partial charge on any atom is -0.310 e. The number of nitrogens with one attached hydrogen (secondary N) is 1. The Hall–Kier alpha value is -0.670. The highest BCUT2D eigenvalue weighted by atomic mass is 35.5. The number of rotatable bonds is 5. The SMILES string of the molecule is CC(C)NCc1ccc(Sc2cccc(Cl)c2)cc1Cl. The molecule has 1 nitrogen and oxygen atoms in total. The van der Waals surface area contributed by atoms with Crippen molar-refractivity contribution < 1.29 is 0 Å². The lowest BCUT2D eigenvalue weighted by atomic mass is 10.2. The summed E-state index contributed by atoms with van der Waals surface area (Å²) in [5, 5.41) is 4.92. The van der Waals surface area contributed by atoms with E-state index < -0.39 is 0 Å². The Balaban J connectivity index is 2.09. The van der Waals surface area contributed by atoms with Crippen LogP contribution >= 0.6 is 35.0 Å². The summed E-state index contributed by atoms with van der Waals surface area (Å²) in [5.41, 5.74) is 1.12. The number of benzene rings is 2. The molecule has 0 saturated heterocycles. The van der Waals surface area contributed by atoms with Crippen molar-refractivity contribution in [3.63, 3.8) is 0 Å². The van der Waals surface area contributed by atoms with Crippen molar-refractivity contribution in [2.45, 2.75) is 36.2 Å². The zero-order valence-electron chi connectivity index (χ0n) is 11.5. The van der Waals surface area contributed by atoms with Gasteiger partial charge in [-0.05, 0) is 35.9 Å². The van der Waals surface area contributed by atoms with Crippen molar-refractivity contribution in [2.24, 2.45) is 0 Å². The first-order valence-electron chi connectivity index (χ1n) is 6.50. The molecule has 2 rings (SSSR count). The standard InChI is InChI=1S/C16H17Cl2NS/c1-11(2)19-10-12-6-7-15(9-16(12)18)20-14-5-3-4-13(17)8-14/h3-9,11,19H,10H2,1-2H3. The van der Waals surface area contributed by atoms with Gasteiger partial charge in [0.25, 0.3) is 0 Å². The van der Waals surface area contributed by atoms with Crippen LogP contribution in [0.3, 0.4) is 0 Å². The van der Waals surface area contributed by atoms with Gasteiger partial charge in [0.15, 0.2) is 0 Å². The monoisotopic (exact) mass is 325 g/mol. The third-order valence-electron chi connectivity index (χ3n) is 2.76. The molecule has 0 fully saturated rings. The predicted octanol–water partition coefficient (Wildman–Crippen LogP) is 5.64. The molecule has 0 spiro atoms. The Kier molecular flexibility index (Phi) is 5.79. The topological polar surface area (TPSA) is 12.0 Å². The van der Waals surface area contributed by atoms with Crippen LogP contribution in [-0.4, -0.2) is 6.04 Å². The molecule has 0 unspecified atom stereocenters. The minimum absolute atomic E-state index is 0.451. The quantitative estimate of drug-likeness (QED) is 0.763. The van der Waals surface area contributed by atoms with Crippen LogP contribution in [-0.2, 0) is 6.54 Å². The van der Waals surface area contributed by atoms with Crippen LogP contribution in [0.5, 0.6) is 0 Å². The molecule has 0 radical (unpaired) electrons. The molecule has 0 bridgehead atoms. The summed E-state index contributed by atoms with van der Waals surface area (Å²) in [4.78, 5) is 2.23. The minimum atomic E-state index is 0.451. The zero-order valence-corrected chi connectivity index (χ0v) is 13.8. The van der Waals surface area contributed by atoms with Gasteiger partial charge in [0.05, 0.1) is 0 Å². The summed E-state index contributed by atoms with van der Waals surface area (Å²) in [5.74, 6) is 0. The molecule has 0 aliphatic rings. The lowest BCUT2D eigenvalue weighted by Crippen LogP contribution is -2.21. The zero-order chi connectivity index (χ0) is 14.5. The van der Waals surface area contributed by atoms with Gasteiger partial charge in [-0.15, -0.1) is 0 Å². The van der Waals surface area contributed by atoms with Gasteiger partial charge in [-0.3, -0.25) is 0 Å². The molecule has 106 valence electrons. The number of hydrogen-bond acceptors (Lipinski definition) is 2. The van der Waals surface area contributed by atoms with E-state index in [1.807, 2.05) is 30.3 Å². The Morgan fingerprint density at radius 2 is 1.80 bits per heavy atom. The van der Waals surface area contributed by atoms with Crippen LogP contribution in [0.15, 0.2) is 52.3 Å². The first kappa shape index (κ1) is 15.7. The fourth-order valence-electron chi connectivity index (χ4n) is 1.72. The Bertz CT molecular complexity index is 584. The average molecular weight is 326 g/mol. The molecule has 20 heavy (non-hydrogen) atoms. The van der Waals surface area contributed by atoms with Crippen molar-refractivity contribution in [2.75, 3.05) is 0 Å². The van der Waals surface area contributed by atoms with Crippen LogP contribution in [0.25, 0.3) is 0 Å². The van der Waals surface area contributed by atoms with Crippen molar-refractivity contribution in [1.29, 1.82) is 0 Å². The van der Waals surface area contributed by atoms with Gasteiger partial charge in [0, 0.05) is 32.4 Å². The van der Waals surface area contributed by atoms with E-state index in [-0.39, 0.29) is 0 Å². The summed E-state index contributed by atoms with van der Waals surface area (Å²) >= 11 is 14.0. The Labute approximate surface area is 134 Å². The summed E-state index contributed by atoms with van der Waals surface area (Å²) in [7, 11) is 0. The summed E-state index contributed by atoms with van der Waals surface area (Å²) in [6, 6.07) is 14.4. The highest BCUT2D eigenvalue weighted by molar-refractivity contribution is 7.99. The normalized spacial score (nSPS) is 11.1. The van der Waals surface area contributed by atoms with Gasteiger partial charge in [-0.25, -0.2) is 0 Å². The Morgan fingerprint density at radius 3 is 2.45 bits per heavy atom. The molecule has 0 saturated carbocycles. The first-order chi connectivity index (χ1) is 9.54. The van der Waals surface area contributed by atoms with Gasteiger partial charge in [0.1, 0.15) is 0 Å². The van der Waals surface area contributed by atoms with Crippen LogP contribution in [0.4, 0.5) is 0 Å². The molecular formula is C16H17Cl2NS. The average Bonchev–Trinajstić information content (AvgIpc) is 2.37. The van der Waals surface area contributed by atoms with E-state index in [0.29, 0.717) is 6.04 Å². The molecule has 1 N–H and O–H groups in total. The molecule has 0 aliphatic heterocycles. The molecule has 2 aromatic rings. The maximum atomic E-state index is 6.33. The smallest absolute Gasteiger partial charge is 0.0462 e. The number of halogens is 2. The summed E-state index contributed by atoms with van der Waals surface area (Å²) in [6.07, 6.45) is 0. The maximum absolute atomic E-state index is 6.33. The van der Waals surface area contributed by atoms with Crippen molar-refractivity contribution in [3.05, 3.63) is 58.1 Å². The maximum Gasteiger partial charge on any atom is 0.0462 e. The van der Waals surface area contributed by atoms with E-state index >= 15 is 0 Å². The van der Waals surface area contributed by atoms with E-state index in [2.05, 4.69) is 31.3 Å². The molecule has 0 aliphatic carbocycles. The van der Waals surface area contributed by atoms with Crippen LogP contribution < -0.4 is 5.32 Å². The van der Waals surface area contributed by atoms with Gasteiger partial charge in [0.2, 0.25) is 0 Å². The fraction of sp³-hybridized carbons (Fsp3) is 0.250. The lowest BCUT2D eigenvalue weighted by Gasteiger charge is -2.10. The predicted molar refractivity (Wildman–Crippen MR) is 89.0 cm³/mol. The molecule has 0 amide bonds. The largest absolute Gasteiger partial charge is 0.310 e. The summed E-state index contributed by atoms with van der Waals surface area (Å²) < 4.78 is 0. The molecule has 0 heterocycles. The Morgan fingerprint density at radius 1 is 1.05 bits per heavy atom. The van der Waals surface area contributed by atoms with E-state index in [9.17, 15) is 0 Å². The number of hydrogen-bond donors (Lipinski definition) is 1. The summed E-state index contributed by atoms with van der Waals surface area (Å²) in [6.45, 7) is 5.03. The van der Waals surface area contributed by atoms with E-state index in [4.69, 9.17) is 23.2 Å². The third-order valence-corrected chi connectivity index (χ3v) is 4.32. The van der Waals surface area contributed by atoms with Gasteiger partial charge in [-0.2, -0.15) is 0 Å². The van der Waals surface area contributed by atoms with Crippen LogP contribution in [0, 0.1) is 0 Å². The molecule has 2 aromatic carbocycles. The van der Waals surface area contributed by atoms with Gasteiger partial charge < -0.3 is 5.32 Å². The molecule has 0 atom stereocenters. The second kappa shape index (κ2) is 7.37. The fourth-order valence-corrected chi connectivity index (χ4v) is 3.20. The van der Waals surface area contributed by atoms with Crippen molar-refractivity contribution in [1.82, 2.24) is 5.32 Å².